The lowest BCUT2D eigenvalue weighted by Crippen LogP contribution is -2.25. The number of nitrogens with one attached hydrogen (secondary N) is 1. The molecule has 0 radical (unpaired) electrons. The van der Waals surface area contributed by atoms with Crippen LogP contribution in [0.5, 0.6) is 0 Å². The van der Waals surface area contributed by atoms with Gasteiger partial charge >= 0.3 is 0 Å². The van der Waals surface area contributed by atoms with Crippen molar-refractivity contribution in [2.24, 2.45) is 0 Å². The molecule has 1 saturated heterocycles. The van der Waals surface area contributed by atoms with Crippen LogP contribution in [0.15, 0.2) is 48.5 Å². The summed E-state index contributed by atoms with van der Waals surface area (Å²) in [7, 11) is -1.90. The summed E-state index contributed by atoms with van der Waals surface area (Å²) in [4.78, 5) is 14.6. The van der Waals surface area contributed by atoms with Crippen LogP contribution in [0.25, 0.3) is 11.2 Å². The zero-order valence-electron chi connectivity index (χ0n) is 21.6. The second kappa shape index (κ2) is 10.1. The lowest BCUT2D eigenvalue weighted by atomic mass is 10.1. The highest BCUT2D eigenvalue weighted by Crippen LogP contribution is 2.35. The van der Waals surface area contributed by atoms with E-state index in [-0.39, 0.29) is 6.23 Å². The average Bonchev–Trinajstić information content (AvgIpc) is 3.20. The SMILES string of the molecule is Cc1cccc(Cc2cc(Nc3ccccc3N(C)S(C)(=O)=O)c3nc(C)n(C4CCCCO4)c3n2)n1. The number of hydrogen-bond acceptors (Lipinski definition) is 7. The van der Waals surface area contributed by atoms with Gasteiger partial charge in [-0.15, -0.1) is 0 Å². The molecule has 5 rings (SSSR count). The van der Waals surface area contributed by atoms with Gasteiger partial charge < -0.3 is 10.1 Å². The molecule has 3 aromatic heterocycles. The van der Waals surface area contributed by atoms with Crippen molar-refractivity contribution in [2.45, 2.75) is 45.8 Å². The molecule has 1 aliphatic rings. The highest BCUT2D eigenvalue weighted by Gasteiger charge is 2.24. The third kappa shape index (κ3) is 5.30. The van der Waals surface area contributed by atoms with Gasteiger partial charge in [0.15, 0.2) is 5.65 Å². The average molecular weight is 521 g/mol. The molecule has 0 spiro atoms. The number of fused-ring (bicyclic) bond motifs is 1. The molecule has 4 aromatic rings. The minimum absolute atomic E-state index is 0.116. The molecule has 9 nitrogen and oxygen atoms in total. The van der Waals surface area contributed by atoms with Gasteiger partial charge in [-0.25, -0.2) is 18.4 Å². The number of aromatic nitrogens is 4. The Bertz CT molecular complexity index is 1540. The van der Waals surface area contributed by atoms with Crippen molar-refractivity contribution in [1.82, 2.24) is 19.5 Å². The van der Waals surface area contributed by atoms with Crippen molar-refractivity contribution in [3.8, 4) is 0 Å². The van der Waals surface area contributed by atoms with E-state index in [1.54, 1.807) is 13.1 Å². The minimum Gasteiger partial charge on any atom is -0.358 e. The van der Waals surface area contributed by atoms with E-state index < -0.39 is 10.0 Å². The number of imidazole rings is 1. The van der Waals surface area contributed by atoms with E-state index in [0.717, 1.165) is 53.5 Å². The number of rotatable bonds is 7. The van der Waals surface area contributed by atoms with Gasteiger partial charge in [0.25, 0.3) is 0 Å². The summed E-state index contributed by atoms with van der Waals surface area (Å²) in [6.07, 6.45) is 4.67. The largest absolute Gasteiger partial charge is 0.358 e. The van der Waals surface area contributed by atoms with E-state index in [9.17, 15) is 8.42 Å². The fourth-order valence-corrected chi connectivity index (χ4v) is 5.26. The van der Waals surface area contributed by atoms with Crippen LogP contribution in [0.2, 0.25) is 0 Å². The fraction of sp³-hybridized carbons (Fsp3) is 0.370. The van der Waals surface area contributed by atoms with Gasteiger partial charge in [-0.2, -0.15) is 0 Å². The van der Waals surface area contributed by atoms with E-state index in [1.165, 1.54) is 10.6 Å². The number of benzene rings is 1. The van der Waals surface area contributed by atoms with E-state index in [1.807, 2.05) is 56.3 Å². The second-order valence-electron chi connectivity index (χ2n) is 9.50. The Morgan fingerprint density at radius 2 is 1.84 bits per heavy atom. The first-order valence-electron chi connectivity index (χ1n) is 12.4. The van der Waals surface area contributed by atoms with Gasteiger partial charge in [0, 0.05) is 31.5 Å². The topological polar surface area (TPSA) is 102 Å². The zero-order chi connectivity index (χ0) is 26.2. The summed E-state index contributed by atoms with van der Waals surface area (Å²) in [5.74, 6) is 0.824. The summed E-state index contributed by atoms with van der Waals surface area (Å²) in [5, 5.41) is 3.47. The molecule has 194 valence electrons. The van der Waals surface area contributed by atoms with E-state index >= 15 is 0 Å². The first kappa shape index (κ1) is 25.2. The standard InChI is InChI=1S/C27H32N6O3S/c1-18-10-9-11-20(28-18)16-21-17-23(31-22-12-5-6-13-24(22)32(3)37(4,34)35)26-27(30-21)33(19(2)29-26)25-14-7-8-15-36-25/h5-6,9-13,17,25H,7-8,14-16H2,1-4H3,(H,30,31). The summed E-state index contributed by atoms with van der Waals surface area (Å²) < 4.78 is 34.1. The van der Waals surface area contributed by atoms with Gasteiger partial charge in [-0.1, -0.05) is 18.2 Å². The zero-order valence-corrected chi connectivity index (χ0v) is 22.4. The molecule has 0 saturated carbocycles. The predicted octanol–water partition coefficient (Wildman–Crippen LogP) is 4.87. The van der Waals surface area contributed by atoms with Crippen LogP contribution >= 0.6 is 0 Å². The number of sulfonamides is 1. The second-order valence-corrected chi connectivity index (χ2v) is 11.5. The molecule has 4 heterocycles. The van der Waals surface area contributed by atoms with Crippen molar-refractivity contribution in [2.75, 3.05) is 29.5 Å². The van der Waals surface area contributed by atoms with Crippen LogP contribution in [0, 0.1) is 13.8 Å². The third-order valence-electron chi connectivity index (χ3n) is 6.64. The molecule has 1 fully saturated rings. The van der Waals surface area contributed by atoms with Crippen LogP contribution in [-0.2, 0) is 21.2 Å². The lowest BCUT2D eigenvalue weighted by Gasteiger charge is -2.25. The first-order chi connectivity index (χ1) is 17.7. The molecule has 0 bridgehead atoms. The van der Waals surface area contributed by atoms with Gasteiger partial charge in [0.05, 0.1) is 29.0 Å². The summed E-state index contributed by atoms with van der Waals surface area (Å²) in [6.45, 7) is 4.66. The molecule has 1 atom stereocenters. The summed E-state index contributed by atoms with van der Waals surface area (Å²) >= 11 is 0. The number of para-hydroxylation sites is 2. The monoisotopic (exact) mass is 520 g/mol. The van der Waals surface area contributed by atoms with Crippen LogP contribution in [0.4, 0.5) is 17.1 Å². The molecule has 10 heteroatoms. The molecule has 0 amide bonds. The fourth-order valence-electron chi connectivity index (χ4n) is 4.74. The van der Waals surface area contributed by atoms with Crippen LogP contribution < -0.4 is 9.62 Å². The maximum Gasteiger partial charge on any atom is 0.232 e. The van der Waals surface area contributed by atoms with Crippen molar-refractivity contribution in [3.05, 3.63) is 71.4 Å². The van der Waals surface area contributed by atoms with Crippen molar-refractivity contribution >= 4 is 38.2 Å². The Labute approximate surface area is 217 Å². The molecule has 1 unspecified atom stereocenters. The Hall–Kier alpha value is -3.50. The van der Waals surface area contributed by atoms with E-state index in [0.29, 0.717) is 29.9 Å². The highest BCUT2D eigenvalue weighted by molar-refractivity contribution is 7.92. The van der Waals surface area contributed by atoms with Crippen molar-refractivity contribution < 1.29 is 13.2 Å². The quantitative estimate of drug-likeness (QED) is 0.371. The highest BCUT2D eigenvalue weighted by atomic mass is 32.2. The van der Waals surface area contributed by atoms with Crippen molar-refractivity contribution in [1.29, 1.82) is 0 Å². The molecular formula is C27H32N6O3S. The maximum atomic E-state index is 12.3. The summed E-state index contributed by atoms with van der Waals surface area (Å²) in [6, 6.07) is 15.3. The molecule has 37 heavy (non-hydrogen) atoms. The van der Waals surface area contributed by atoms with E-state index in [2.05, 4.69) is 14.9 Å². The van der Waals surface area contributed by atoms with Crippen LogP contribution in [0.1, 0.15) is 48.4 Å². The van der Waals surface area contributed by atoms with Crippen molar-refractivity contribution in [3.63, 3.8) is 0 Å². The molecule has 1 aromatic carbocycles. The number of aryl methyl sites for hydroxylation is 2. The van der Waals surface area contributed by atoms with Gasteiger partial charge in [-0.3, -0.25) is 13.9 Å². The van der Waals surface area contributed by atoms with E-state index in [4.69, 9.17) is 14.7 Å². The Morgan fingerprint density at radius 3 is 2.57 bits per heavy atom. The predicted molar refractivity (Wildman–Crippen MR) is 146 cm³/mol. The smallest absolute Gasteiger partial charge is 0.232 e. The van der Waals surface area contributed by atoms with Crippen LogP contribution in [-0.4, -0.2) is 47.8 Å². The van der Waals surface area contributed by atoms with Crippen LogP contribution in [0.3, 0.4) is 0 Å². The lowest BCUT2D eigenvalue weighted by molar-refractivity contribution is -0.0309. The van der Waals surface area contributed by atoms with Gasteiger partial charge in [0.2, 0.25) is 10.0 Å². The Balaban J connectivity index is 1.64. The van der Waals surface area contributed by atoms with Gasteiger partial charge in [0.1, 0.15) is 17.6 Å². The molecule has 1 aliphatic heterocycles. The molecule has 1 N–H and O–H groups in total. The Kier molecular flexibility index (Phi) is 6.87. The maximum absolute atomic E-state index is 12.3. The third-order valence-corrected chi connectivity index (χ3v) is 7.83. The van der Waals surface area contributed by atoms with Gasteiger partial charge in [-0.05, 0) is 63.4 Å². The number of anilines is 3. The first-order valence-corrected chi connectivity index (χ1v) is 14.3. The Morgan fingerprint density at radius 1 is 1.03 bits per heavy atom. The molecule has 0 aliphatic carbocycles. The number of hydrogen-bond donors (Lipinski definition) is 1. The summed E-state index contributed by atoms with van der Waals surface area (Å²) in [5.41, 5.74) is 6.11. The normalized spacial score (nSPS) is 16.2. The minimum atomic E-state index is -3.45. The number of ether oxygens (including phenoxy) is 1. The molecular weight excluding hydrogens is 488 g/mol. The number of pyridine rings is 2. The number of nitrogens with zero attached hydrogens (tertiary/aromatic N) is 5.